The molecule has 1 fully saturated rings. The van der Waals surface area contributed by atoms with Gasteiger partial charge in [-0.05, 0) is 6.42 Å². The summed E-state index contributed by atoms with van der Waals surface area (Å²) in [5.41, 5.74) is 0. The van der Waals surface area contributed by atoms with Gasteiger partial charge < -0.3 is 4.90 Å². The number of hydrogen-bond donors (Lipinski definition) is 0. The maximum Gasteiger partial charge on any atom is 0.315 e. The van der Waals surface area contributed by atoms with Crippen molar-refractivity contribution < 1.29 is 22.0 Å². The summed E-state index contributed by atoms with van der Waals surface area (Å²) in [4.78, 5) is 11.7. The molecule has 82 valence electrons. The first-order chi connectivity index (χ1) is 6.33. The molecule has 7 heteroatoms. The molecule has 4 nitrogen and oxygen atoms in total. The number of sulfone groups is 1. The van der Waals surface area contributed by atoms with Gasteiger partial charge in [0.25, 0.3) is 5.91 Å². The third-order valence-electron chi connectivity index (χ3n) is 2.29. The van der Waals surface area contributed by atoms with Gasteiger partial charge in [-0.15, -0.1) is 0 Å². The van der Waals surface area contributed by atoms with Crippen LogP contribution >= 0.6 is 0 Å². The van der Waals surface area contributed by atoms with Crippen LogP contribution in [0.25, 0.3) is 0 Å². The summed E-state index contributed by atoms with van der Waals surface area (Å²) in [6, 6.07) is -0.596. The van der Waals surface area contributed by atoms with Crippen LogP contribution in [-0.4, -0.2) is 50.2 Å². The van der Waals surface area contributed by atoms with Crippen LogP contribution in [-0.2, 0) is 14.6 Å². The molecule has 0 aromatic carbocycles. The summed E-state index contributed by atoms with van der Waals surface area (Å²) in [5, 5.41) is 0. The Morgan fingerprint density at radius 2 is 2.07 bits per heavy atom. The Bertz CT molecular complexity index is 328. The second-order valence-electron chi connectivity index (χ2n) is 3.31. The zero-order valence-electron chi connectivity index (χ0n) is 7.61. The zero-order valence-corrected chi connectivity index (χ0v) is 8.43. The highest BCUT2D eigenvalue weighted by molar-refractivity contribution is 7.91. The standard InChI is InChI=1S/C7H11F2NO3S/c1-10(7(11)6(8)9)5-2-3-14(12,13)4-5/h5-6H,2-4H2,1H3. The van der Waals surface area contributed by atoms with Crippen LogP contribution in [0.3, 0.4) is 0 Å². The van der Waals surface area contributed by atoms with Crippen molar-refractivity contribution in [3.05, 3.63) is 0 Å². The van der Waals surface area contributed by atoms with Gasteiger partial charge in [-0.1, -0.05) is 0 Å². The van der Waals surface area contributed by atoms with Crippen molar-refractivity contribution in [1.29, 1.82) is 0 Å². The maximum atomic E-state index is 12.0. The van der Waals surface area contributed by atoms with E-state index in [4.69, 9.17) is 0 Å². The summed E-state index contributed by atoms with van der Waals surface area (Å²) in [6.07, 6.45) is -2.82. The molecule has 1 amide bonds. The van der Waals surface area contributed by atoms with E-state index < -0.39 is 28.2 Å². The van der Waals surface area contributed by atoms with Crippen LogP contribution in [0.5, 0.6) is 0 Å². The number of amides is 1. The SMILES string of the molecule is CN(C(=O)C(F)F)C1CCS(=O)(=O)C1. The third-order valence-corrected chi connectivity index (χ3v) is 4.04. The normalized spacial score (nSPS) is 25.3. The van der Waals surface area contributed by atoms with Crippen molar-refractivity contribution in [2.75, 3.05) is 18.6 Å². The first-order valence-electron chi connectivity index (χ1n) is 4.09. The molecule has 1 aliphatic rings. The molecule has 0 aromatic heterocycles. The third kappa shape index (κ3) is 2.40. The molecular weight excluding hydrogens is 216 g/mol. The first kappa shape index (κ1) is 11.4. The summed E-state index contributed by atoms with van der Waals surface area (Å²) in [6.45, 7) is 0. The molecule has 0 aliphatic carbocycles. The van der Waals surface area contributed by atoms with E-state index in [9.17, 15) is 22.0 Å². The topological polar surface area (TPSA) is 54.5 Å². The van der Waals surface area contributed by atoms with Crippen molar-refractivity contribution in [2.24, 2.45) is 0 Å². The lowest BCUT2D eigenvalue weighted by Gasteiger charge is -2.22. The van der Waals surface area contributed by atoms with E-state index in [-0.39, 0.29) is 17.9 Å². The lowest BCUT2D eigenvalue weighted by Crippen LogP contribution is -2.41. The van der Waals surface area contributed by atoms with E-state index in [1.807, 2.05) is 0 Å². The summed E-state index contributed by atoms with van der Waals surface area (Å²) >= 11 is 0. The van der Waals surface area contributed by atoms with Gasteiger partial charge in [0.05, 0.1) is 11.5 Å². The molecule has 0 saturated carbocycles. The lowest BCUT2D eigenvalue weighted by molar-refractivity contribution is -0.143. The van der Waals surface area contributed by atoms with Gasteiger partial charge in [-0.25, -0.2) is 8.42 Å². The van der Waals surface area contributed by atoms with E-state index in [2.05, 4.69) is 0 Å². The molecule has 1 aliphatic heterocycles. The molecule has 1 heterocycles. The van der Waals surface area contributed by atoms with Gasteiger partial charge in [-0.3, -0.25) is 4.79 Å². The van der Waals surface area contributed by atoms with Crippen molar-refractivity contribution >= 4 is 15.7 Å². The fraction of sp³-hybridized carbons (Fsp3) is 0.857. The van der Waals surface area contributed by atoms with Crippen LogP contribution in [0.15, 0.2) is 0 Å². The van der Waals surface area contributed by atoms with Gasteiger partial charge >= 0.3 is 6.43 Å². The molecule has 1 saturated heterocycles. The van der Waals surface area contributed by atoms with Crippen molar-refractivity contribution in [2.45, 2.75) is 18.9 Å². The number of carbonyl (C=O) groups excluding carboxylic acids is 1. The van der Waals surface area contributed by atoms with Crippen LogP contribution in [0.2, 0.25) is 0 Å². The van der Waals surface area contributed by atoms with Crippen molar-refractivity contribution in [1.82, 2.24) is 4.90 Å². The predicted octanol–water partition coefficient (Wildman–Crippen LogP) is -0.103. The predicted molar refractivity (Wildman–Crippen MR) is 45.8 cm³/mol. The number of carbonyl (C=O) groups is 1. The Morgan fingerprint density at radius 3 is 2.43 bits per heavy atom. The minimum Gasteiger partial charge on any atom is -0.337 e. The molecule has 1 atom stereocenters. The number of hydrogen-bond acceptors (Lipinski definition) is 3. The van der Waals surface area contributed by atoms with Gasteiger partial charge in [0.2, 0.25) is 0 Å². The van der Waals surface area contributed by atoms with E-state index >= 15 is 0 Å². The van der Waals surface area contributed by atoms with Gasteiger partial charge in [0, 0.05) is 13.1 Å². The minimum absolute atomic E-state index is 0.0292. The Hall–Kier alpha value is -0.720. The Labute approximate surface area is 80.8 Å². The molecule has 0 radical (unpaired) electrons. The monoisotopic (exact) mass is 227 g/mol. The molecule has 0 N–H and O–H groups in total. The average Bonchev–Trinajstić information content (AvgIpc) is 2.43. The molecule has 0 spiro atoms. The molecule has 0 bridgehead atoms. The van der Waals surface area contributed by atoms with E-state index in [1.54, 1.807) is 0 Å². The average molecular weight is 227 g/mol. The quantitative estimate of drug-likeness (QED) is 0.661. The summed E-state index contributed by atoms with van der Waals surface area (Å²) < 4.78 is 46.0. The Balaban J connectivity index is 2.64. The second kappa shape index (κ2) is 3.80. The number of halogens is 2. The number of alkyl halides is 2. The highest BCUT2D eigenvalue weighted by atomic mass is 32.2. The molecule has 0 aromatic rings. The summed E-state index contributed by atoms with van der Waals surface area (Å²) in [5.74, 6) is -1.55. The maximum absolute atomic E-state index is 12.0. The molecule has 14 heavy (non-hydrogen) atoms. The van der Waals surface area contributed by atoms with E-state index in [1.165, 1.54) is 7.05 Å². The van der Waals surface area contributed by atoms with Crippen LogP contribution in [0, 0.1) is 0 Å². The lowest BCUT2D eigenvalue weighted by atomic mass is 10.2. The van der Waals surface area contributed by atoms with Crippen LogP contribution in [0.1, 0.15) is 6.42 Å². The van der Waals surface area contributed by atoms with Gasteiger partial charge in [0.1, 0.15) is 0 Å². The smallest absolute Gasteiger partial charge is 0.315 e. The van der Waals surface area contributed by atoms with E-state index in [0.29, 0.717) is 0 Å². The Kier molecular flexibility index (Phi) is 3.08. The van der Waals surface area contributed by atoms with Gasteiger partial charge in [0.15, 0.2) is 9.84 Å². The zero-order chi connectivity index (χ0) is 10.9. The van der Waals surface area contributed by atoms with Gasteiger partial charge in [-0.2, -0.15) is 8.78 Å². The fourth-order valence-electron chi connectivity index (χ4n) is 1.41. The Morgan fingerprint density at radius 1 is 1.50 bits per heavy atom. The van der Waals surface area contributed by atoms with Crippen LogP contribution in [0.4, 0.5) is 8.78 Å². The van der Waals surface area contributed by atoms with E-state index in [0.717, 1.165) is 4.90 Å². The summed E-state index contributed by atoms with van der Waals surface area (Å²) in [7, 11) is -1.93. The second-order valence-corrected chi connectivity index (χ2v) is 5.54. The molecular formula is C7H11F2NO3S. The van der Waals surface area contributed by atoms with Crippen LogP contribution < -0.4 is 0 Å². The fourth-order valence-corrected chi connectivity index (χ4v) is 3.19. The van der Waals surface area contributed by atoms with Crippen molar-refractivity contribution in [3.63, 3.8) is 0 Å². The number of nitrogens with zero attached hydrogens (tertiary/aromatic N) is 1. The van der Waals surface area contributed by atoms with Crippen molar-refractivity contribution in [3.8, 4) is 0 Å². The first-order valence-corrected chi connectivity index (χ1v) is 5.91. The number of rotatable bonds is 2. The molecule has 1 unspecified atom stereocenters. The highest BCUT2D eigenvalue weighted by Gasteiger charge is 2.34. The minimum atomic E-state index is -3.14. The molecule has 1 rings (SSSR count). The highest BCUT2D eigenvalue weighted by Crippen LogP contribution is 2.17. The largest absolute Gasteiger partial charge is 0.337 e.